The van der Waals surface area contributed by atoms with Crippen molar-refractivity contribution in [2.75, 3.05) is 24.6 Å². The number of carbonyl (C=O) groups is 1. The molecule has 1 aromatic heterocycles. The Hall–Kier alpha value is -3.72. The summed E-state index contributed by atoms with van der Waals surface area (Å²) in [6.45, 7) is 3.09. The van der Waals surface area contributed by atoms with Gasteiger partial charge >= 0.3 is 0 Å². The van der Waals surface area contributed by atoms with Gasteiger partial charge in [0.25, 0.3) is 5.91 Å². The predicted molar refractivity (Wildman–Crippen MR) is 148 cm³/mol. The van der Waals surface area contributed by atoms with Gasteiger partial charge in [-0.15, -0.1) is 0 Å². The first-order valence-electron chi connectivity index (χ1n) is 13.4. The number of rotatable bonds is 6. The number of nitriles is 1. The quantitative estimate of drug-likeness (QED) is 0.231. The molecule has 2 aliphatic heterocycles. The summed E-state index contributed by atoms with van der Waals surface area (Å²) < 4.78 is 11.1. The number of allylic oxidation sites excluding steroid dienone is 1. The van der Waals surface area contributed by atoms with Gasteiger partial charge in [-0.2, -0.15) is 5.26 Å². The molecule has 10 nitrogen and oxygen atoms in total. The van der Waals surface area contributed by atoms with Gasteiger partial charge in [-0.25, -0.2) is 0 Å². The Morgan fingerprint density at radius 1 is 1.02 bits per heavy atom. The molecule has 5 atom stereocenters. The first kappa shape index (κ1) is 27.8. The zero-order valence-electron chi connectivity index (χ0n) is 22.2. The molecule has 5 N–H and O–H groups in total. The minimum absolute atomic E-state index is 0.257. The molecule has 0 spiro atoms. The summed E-state index contributed by atoms with van der Waals surface area (Å²) in [6.07, 6.45) is -2.35. The summed E-state index contributed by atoms with van der Waals surface area (Å²) in [5, 5.41) is 54.1. The Balaban J connectivity index is 1.34. The van der Waals surface area contributed by atoms with Crippen LogP contribution < -0.4 is 10.2 Å². The Bertz CT molecular complexity index is 1450. The lowest BCUT2D eigenvalue weighted by Crippen LogP contribution is -2.64. The van der Waals surface area contributed by atoms with E-state index in [0.29, 0.717) is 11.5 Å². The second-order valence-corrected chi connectivity index (χ2v) is 10.3. The molecular weight excluding hydrogens is 514 g/mol. The van der Waals surface area contributed by atoms with Crippen LogP contribution in [-0.2, 0) is 9.53 Å². The van der Waals surface area contributed by atoms with Crippen LogP contribution in [0.25, 0.3) is 27.7 Å². The summed E-state index contributed by atoms with van der Waals surface area (Å²) in [5.41, 5.74) is 2.04. The molecule has 0 aliphatic carbocycles. The first-order valence-corrected chi connectivity index (χ1v) is 13.4. The molecule has 2 fully saturated rings. The van der Waals surface area contributed by atoms with Crippen LogP contribution in [0.2, 0.25) is 0 Å². The number of benzene rings is 2. The van der Waals surface area contributed by atoms with Gasteiger partial charge in [0.05, 0.1) is 6.61 Å². The third-order valence-electron chi connectivity index (χ3n) is 7.72. The molecule has 3 heterocycles. The molecule has 210 valence electrons. The van der Waals surface area contributed by atoms with Crippen LogP contribution in [0.15, 0.2) is 58.5 Å². The van der Waals surface area contributed by atoms with Crippen LogP contribution in [0.3, 0.4) is 0 Å². The molecule has 3 aromatic rings. The highest BCUT2D eigenvalue weighted by atomic mass is 16.6. The van der Waals surface area contributed by atoms with Gasteiger partial charge in [-0.3, -0.25) is 4.79 Å². The van der Waals surface area contributed by atoms with Gasteiger partial charge in [0, 0.05) is 29.9 Å². The standard InChI is InChI=1S/C30H33N3O7/c1-17(22(15-31)29(37)32-26-28(36)27(35)25(16-34)40-30(26)38)23-9-10-24(39-23)20-6-5-19-14-21(8-7-18(19)13-20)33-11-3-2-4-12-33/h5-10,13-14,25-28,30,34-36,38H,2-4,11-12,16H2,1H3,(H,32,37)/b22-17+/t25-,26-,27-,28-,30?/m1/s1. The van der Waals surface area contributed by atoms with E-state index in [0.717, 1.165) is 29.4 Å². The molecule has 2 saturated heterocycles. The van der Waals surface area contributed by atoms with E-state index in [2.05, 4.69) is 34.5 Å². The fourth-order valence-corrected chi connectivity index (χ4v) is 5.33. The molecule has 2 aromatic carbocycles. The summed E-state index contributed by atoms with van der Waals surface area (Å²) in [5.74, 6) is -0.00289. The topological polar surface area (TPSA) is 159 Å². The van der Waals surface area contributed by atoms with E-state index in [9.17, 15) is 30.5 Å². The maximum Gasteiger partial charge on any atom is 0.262 e. The fraction of sp³-hybridized carbons (Fsp3) is 0.400. The molecule has 0 bridgehead atoms. The third-order valence-corrected chi connectivity index (χ3v) is 7.72. The average Bonchev–Trinajstić information content (AvgIpc) is 3.48. The Labute approximate surface area is 231 Å². The average molecular weight is 548 g/mol. The zero-order valence-corrected chi connectivity index (χ0v) is 22.2. The molecule has 0 radical (unpaired) electrons. The molecule has 40 heavy (non-hydrogen) atoms. The van der Waals surface area contributed by atoms with E-state index in [4.69, 9.17) is 9.15 Å². The van der Waals surface area contributed by atoms with Gasteiger partial charge in [0.1, 0.15) is 47.5 Å². The highest BCUT2D eigenvalue weighted by Crippen LogP contribution is 2.32. The highest BCUT2D eigenvalue weighted by molar-refractivity contribution is 6.04. The van der Waals surface area contributed by atoms with Crippen molar-refractivity contribution in [3.63, 3.8) is 0 Å². The number of anilines is 1. The van der Waals surface area contributed by atoms with Gasteiger partial charge < -0.3 is 39.8 Å². The van der Waals surface area contributed by atoms with Crippen LogP contribution >= 0.6 is 0 Å². The largest absolute Gasteiger partial charge is 0.456 e. The molecular formula is C30H33N3O7. The third kappa shape index (κ3) is 5.47. The van der Waals surface area contributed by atoms with Crippen molar-refractivity contribution in [2.45, 2.75) is 56.8 Å². The highest BCUT2D eigenvalue weighted by Gasteiger charge is 2.44. The number of nitrogens with zero attached hydrogens (tertiary/aromatic N) is 2. The predicted octanol–water partition coefficient (Wildman–Crippen LogP) is 2.30. The molecule has 2 aliphatic rings. The van der Waals surface area contributed by atoms with Crippen LogP contribution in [0.4, 0.5) is 5.69 Å². The Morgan fingerprint density at radius 2 is 1.75 bits per heavy atom. The molecule has 1 unspecified atom stereocenters. The maximum atomic E-state index is 12.9. The first-order chi connectivity index (χ1) is 19.3. The lowest BCUT2D eigenvalue weighted by atomic mass is 9.96. The normalized spacial score (nSPS) is 25.8. The van der Waals surface area contributed by atoms with E-state index < -0.39 is 43.2 Å². The van der Waals surface area contributed by atoms with Gasteiger partial charge in [0.15, 0.2) is 6.29 Å². The second kappa shape index (κ2) is 11.8. The van der Waals surface area contributed by atoms with E-state index in [-0.39, 0.29) is 11.1 Å². The van der Waals surface area contributed by atoms with Crippen LogP contribution in [0.5, 0.6) is 0 Å². The minimum atomic E-state index is -1.70. The minimum Gasteiger partial charge on any atom is -0.456 e. The number of carbonyl (C=O) groups excluding carboxylic acids is 1. The number of aliphatic hydroxyl groups is 4. The lowest BCUT2D eigenvalue weighted by Gasteiger charge is -2.40. The Kier molecular flexibility index (Phi) is 8.21. The summed E-state index contributed by atoms with van der Waals surface area (Å²) >= 11 is 0. The summed E-state index contributed by atoms with van der Waals surface area (Å²) in [7, 11) is 0. The van der Waals surface area contributed by atoms with E-state index in [1.165, 1.54) is 24.9 Å². The lowest BCUT2D eigenvalue weighted by molar-refractivity contribution is -0.253. The number of fused-ring (bicyclic) bond motifs is 1. The van der Waals surface area contributed by atoms with E-state index in [1.807, 2.05) is 18.2 Å². The number of furan rings is 1. The maximum absolute atomic E-state index is 12.9. The van der Waals surface area contributed by atoms with Gasteiger partial charge in [0.2, 0.25) is 0 Å². The van der Waals surface area contributed by atoms with Gasteiger partial charge in [-0.1, -0.05) is 18.2 Å². The zero-order chi connectivity index (χ0) is 28.4. The number of hydrogen-bond acceptors (Lipinski definition) is 9. The van der Waals surface area contributed by atoms with E-state index in [1.54, 1.807) is 19.1 Å². The van der Waals surface area contributed by atoms with Crippen molar-refractivity contribution in [1.82, 2.24) is 5.32 Å². The Morgan fingerprint density at radius 3 is 2.48 bits per heavy atom. The fourth-order valence-electron chi connectivity index (χ4n) is 5.33. The summed E-state index contributed by atoms with van der Waals surface area (Å²) in [6, 6.07) is 16.4. The number of nitrogens with one attached hydrogen (secondary N) is 1. The van der Waals surface area contributed by atoms with Gasteiger partial charge in [-0.05, 0) is 67.3 Å². The molecule has 1 amide bonds. The molecule has 0 saturated carbocycles. The number of amides is 1. The van der Waals surface area contributed by atoms with Crippen molar-refractivity contribution in [1.29, 1.82) is 5.26 Å². The smallest absolute Gasteiger partial charge is 0.262 e. The number of hydrogen-bond donors (Lipinski definition) is 5. The van der Waals surface area contributed by atoms with Crippen molar-refractivity contribution < 1.29 is 34.4 Å². The van der Waals surface area contributed by atoms with Crippen molar-refractivity contribution in [3.05, 3.63) is 59.9 Å². The van der Waals surface area contributed by atoms with Crippen LogP contribution in [0, 0.1) is 11.3 Å². The summed E-state index contributed by atoms with van der Waals surface area (Å²) in [4.78, 5) is 15.3. The number of piperidine rings is 1. The van der Waals surface area contributed by atoms with Crippen molar-refractivity contribution in [2.24, 2.45) is 0 Å². The molecule has 5 rings (SSSR count). The van der Waals surface area contributed by atoms with Crippen LogP contribution in [-0.4, -0.2) is 76.7 Å². The second-order valence-electron chi connectivity index (χ2n) is 10.3. The van der Waals surface area contributed by atoms with Crippen LogP contribution in [0.1, 0.15) is 31.9 Å². The molecule has 10 heteroatoms. The van der Waals surface area contributed by atoms with E-state index >= 15 is 0 Å². The number of aliphatic hydroxyl groups excluding tert-OH is 4. The SMILES string of the molecule is C/C(=C(/C#N)C(=O)N[C@H]1C(O)O[C@H](CO)[C@@H](O)[C@@H]1O)c1ccc(-c2ccc3cc(N4CCCCC4)ccc3c2)o1. The van der Waals surface area contributed by atoms with Crippen molar-refractivity contribution in [3.8, 4) is 17.4 Å². The van der Waals surface area contributed by atoms with Crippen molar-refractivity contribution >= 4 is 27.9 Å². The monoisotopic (exact) mass is 547 g/mol. The number of ether oxygens (including phenoxy) is 1.